The first-order valence-corrected chi connectivity index (χ1v) is 4.74. The number of nitro benzene ring substituents is 1. The zero-order valence-corrected chi connectivity index (χ0v) is 8.89. The Balaban J connectivity index is 2.87. The van der Waals surface area contributed by atoms with Crippen LogP contribution >= 0.6 is 0 Å². The largest absolute Gasteiger partial charge is 0.505 e. The van der Waals surface area contributed by atoms with Gasteiger partial charge >= 0.3 is 0 Å². The Kier molecular flexibility index (Phi) is 2.23. The van der Waals surface area contributed by atoms with Crippen LogP contribution in [0.25, 0.3) is 10.9 Å². The molecule has 0 aliphatic carbocycles. The van der Waals surface area contributed by atoms with Crippen molar-refractivity contribution in [2.24, 2.45) is 0 Å². The van der Waals surface area contributed by atoms with Gasteiger partial charge in [-0.3, -0.25) is 10.1 Å². The lowest BCUT2D eigenvalue weighted by Crippen LogP contribution is -1.92. The smallest absolute Gasteiger partial charge is 0.273 e. The molecular weight excluding hydrogens is 208 g/mol. The number of phenolic OH excluding ortho intramolecular Hbond substituents is 1. The Hall–Kier alpha value is -2.17. The van der Waals surface area contributed by atoms with Gasteiger partial charge in [0, 0.05) is 17.1 Å². The van der Waals surface area contributed by atoms with E-state index in [1.165, 1.54) is 6.07 Å². The third-order valence-electron chi connectivity index (χ3n) is 2.42. The maximum atomic E-state index is 10.6. The zero-order valence-electron chi connectivity index (χ0n) is 8.89. The van der Waals surface area contributed by atoms with Crippen LogP contribution in [-0.2, 0) is 0 Å². The van der Waals surface area contributed by atoms with E-state index in [1.54, 1.807) is 0 Å². The summed E-state index contributed by atoms with van der Waals surface area (Å²) in [6.45, 7) is 3.65. The fourth-order valence-electron chi connectivity index (χ4n) is 1.73. The maximum absolute atomic E-state index is 10.6. The van der Waals surface area contributed by atoms with E-state index < -0.39 is 4.92 Å². The summed E-state index contributed by atoms with van der Waals surface area (Å²) in [5, 5.41) is 20.9. The number of pyridine rings is 1. The van der Waals surface area contributed by atoms with Gasteiger partial charge in [0.1, 0.15) is 11.3 Å². The summed E-state index contributed by atoms with van der Waals surface area (Å²) in [4.78, 5) is 14.3. The van der Waals surface area contributed by atoms with E-state index in [2.05, 4.69) is 4.98 Å². The number of nitro groups is 1. The predicted molar refractivity (Wildman–Crippen MR) is 59.5 cm³/mol. The first-order valence-electron chi connectivity index (χ1n) is 4.74. The van der Waals surface area contributed by atoms with Gasteiger partial charge in [0.05, 0.1) is 11.0 Å². The highest BCUT2D eigenvalue weighted by atomic mass is 16.6. The highest BCUT2D eigenvalue weighted by molar-refractivity contribution is 5.89. The van der Waals surface area contributed by atoms with Gasteiger partial charge in [-0.05, 0) is 25.5 Å². The van der Waals surface area contributed by atoms with Crippen LogP contribution in [0.15, 0.2) is 18.2 Å². The zero-order chi connectivity index (χ0) is 11.9. The Labute approximate surface area is 91.5 Å². The monoisotopic (exact) mass is 218 g/mol. The number of phenols is 1. The van der Waals surface area contributed by atoms with Crippen LogP contribution in [0.1, 0.15) is 11.3 Å². The standard InChI is InChI=1S/C11H10N2O3/c1-6-3-7(2)12-11-9(6)4-8(13(15)16)5-10(11)14/h3-5,14H,1-2H3. The van der Waals surface area contributed by atoms with Crippen molar-refractivity contribution in [1.29, 1.82) is 0 Å². The van der Waals surface area contributed by atoms with Crippen LogP contribution in [0, 0.1) is 24.0 Å². The summed E-state index contributed by atoms with van der Waals surface area (Å²) in [6, 6.07) is 4.37. The average molecular weight is 218 g/mol. The van der Waals surface area contributed by atoms with E-state index >= 15 is 0 Å². The number of aromatic nitrogens is 1. The molecule has 16 heavy (non-hydrogen) atoms. The molecule has 0 bridgehead atoms. The quantitative estimate of drug-likeness (QED) is 0.589. The van der Waals surface area contributed by atoms with E-state index in [4.69, 9.17) is 0 Å². The molecule has 1 aromatic heterocycles. The highest BCUT2D eigenvalue weighted by Crippen LogP contribution is 2.30. The minimum absolute atomic E-state index is 0.126. The van der Waals surface area contributed by atoms with Gasteiger partial charge in [0.25, 0.3) is 5.69 Å². The number of aromatic hydroxyl groups is 1. The molecule has 0 amide bonds. The number of aryl methyl sites for hydroxylation is 2. The third kappa shape index (κ3) is 1.56. The minimum Gasteiger partial charge on any atom is -0.505 e. The van der Waals surface area contributed by atoms with Crippen molar-refractivity contribution in [2.75, 3.05) is 0 Å². The lowest BCUT2D eigenvalue weighted by atomic mass is 10.1. The number of benzene rings is 1. The van der Waals surface area contributed by atoms with Crippen LogP contribution in [0.3, 0.4) is 0 Å². The normalized spacial score (nSPS) is 10.6. The van der Waals surface area contributed by atoms with Gasteiger partial charge in [0.15, 0.2) is 0 Å². The molecule has 0 saturated carbocycles. The predicted octanol–water partition coefficient (Wildman–Crippen LogP) is 2.47. The summed E-state index contributed by atoms with van der Waals surface area (Å²) in [5.41, 5.74) is 1.91. The first kappa shape index (κ1) is 10.4. The average Bonchev–Trinajstić information content (AvgIpc) is 2.19. The van der Waals surface area contributed by atoms with Gasteiger partial charge in [-0.1, -0.05) is 0 Å². The van der Waals surface area contributed by atoms with Gasteiger partial charge < -0.3 is 5.11 Å². The molecule has 0 aliphatic heterocycles. The summed E-state index contributed by atoms with van der Waals surface area (Å²) in [6.07, 6.45) is 0. The van der Waals surface area contributed by atoms with Crippen molar-refractivity contribution in [3.63, 3.8) is 0 Å². The fourth-order valence-corrected chi connectivity index (χ4v) is 1.73. The Bertz CT molecular complexity index is 593. The molecule has 0 saturated heterocycles. The second kappa shape index (κ2) is 3.44. The summed E-state index contributed by atoms with van der Waals surface area (Å²) in [5.74, 6) is -0.156. The molecule has 0 radical (unpaired) electrons. The van der Waals surface area contributed by atoms with Gasteiger partial charge in [-0.25, -0.2) is 4.98 Å². The van der Waals surface area contributed by atoms with Crippen molar-refractivity contribution in [2.45, 2.75) is 13.8 Å². The van der Waals surface area contributed by atoms with Crippen molar-refractivity contribution < 1.29 is 10.0 Å². The van der Waals surface area contributed by atoms with Crippen molar-refractivity contribution in [3.05, 3.63) is 39.6 Å². The van der Waals surface area contributed by atoms with Crippen LogP contribution < -0.4 is 0 Å². The van der Waals surface area contributed by atoms with Crippen molar-refractivity contribution >= 4 is 16.6 Å². The highest BCUT2D eigenvalue weighted by Gasteiger charge is 2.13. The van der Waals surface area contributed by atoms with Gasteiger partial charge in [-0.15, -0.1) is 0 Å². The molecule has 0 fully saturated rings. The molecule has 0 aliphatic rings. The van der Waals surface area contributed by atoms with Gasteiger partial charge in [0.2, 0.25) is 0 Å². The summed E-state index contributed by atoms with van der Waals surface area (Å²) in [7, 11) is 0. The molecule has 0 spiro atoms. The number of hydrogen-bond donors (Lipinski definition) is 1. The molecule has 2 aromatic rings. The van der Waals surface area contributed by atoms with E-state index in [0.717, 1.165) is 17.3 Å². The number of nitrogens with zero attached hydrogens (tertiary/aromatic N) is 2. The molecule has 0 atom stereocenters. The summed E-state index contributed by atoms with van der Waals surface area (Å²) < 4.78 is 0. The second-order valence-electron chi connectivity index (χ2n) is 3.70. The molecule has 1 aromatic carbocycles. The Morgan fingerprint density at radius 1 is 1.31 bits per heavy atom. The molecule has 1 heterocycles. The Morgan fingerprint density at radius 2 is 2.00 bits per heavy atom. The van der Waals surface area contributed by atoms with Crippen LogP contribution in [-0.4, -0.2) is 15.0 Å². The lowest BCUT2D eigenvalue weighted by Gasteiger charge is -2.05. The lowest BCUT2D eigenvalue weighted by molar-refractivity contribution is -0.384. The summed E-state index contributed by atoms with van der Waals surface area (Å²) >= 11 is 0. The van der Waals surface area contributed by atoms with Crippen LogP contribution in [0.5, 0.6) is 5.75 Å². The molecule has 1 N–H and O–H groups in total. The van der Waals surface area contributed by atoms with E-state index in [1.807, 2.05) is 19.9 Å². The first-order chi connectivity index (χ1) is 7.49. The third-order valence-corrected chi connectivity index (χ3v) is 2.42. The minimum atomic E-state index is -0.529. The molecule has 0 unspecified atom stereocenters. The molecule has 2 rings (SSSR count). The van der Waals surface area contributed by atoms with Crippen LogP contribution in [0.2, 0.25) is 0 Å². The molecule has 82 valence electrons. The van der Waals surface area contributed by atoms with E-state index in [-0.39, 0.29) is 11.4 Å². The van der Waals surface area contributed by atoms with Crippen molar-refractivity contribution in [1.82, 2.24) is 4.98 Å². The van der Waals surface area contributed by atoms with Gasteiger partial charge in [-0.2, -0.15) is 0 Å². The topological polar surface area (TPSA) is 76.3 Å². The maximum Gasteiger partial charge on any atom is 0.273 e. The second-order valence-corrected chi connectivity index (χ2v) is 3.70. The fraction of sp³-hybridized carbons (Fsp3) is 0.182. The number of fused-ring (bicyclic) bond motifs is 1. The number of hydrogen-bond acceptors (Lipinski definition) is 4. The van der Waals surface area contributed by atoms with E-state index in [9.17, 15) is 15.2 Å². The Morgan fingerprint density at radius 3 is 2.62 bits per heavy atom. The number of non-ortho nitro benzene ring substituents is 1. The number of rotatable bonds is 1. The molecule has 5 nitrogen and oxygen atoms in total. The van der Waals surface area contributed by atoms with Crippen LogP contribution in [0.4, 0.5) is 5.69 Å². The van der Waals surface area contributed by atoms with E-state index in [0.29, 0.717) is 10.9 Å². The SMILES string of the molecule is Cc1cc(C)c2cc([N+](=O)[O-])cc(O)c2n1. The molecular formula is C11H10N2O3. The van der Waals surface area contributed by atoms with Crippen molar-refractivity contribution in [3.8, 4) is 5.75 Å². The molecule has 5 heteroatoms.